The molecule has 1 aromatic heterocycles. The van der Waals surface area contributed by atoms with Gasteiger partial charge in [-0.25, -0.2) is 0 Å². The quantitative estimate of drug-likeness (QED) is 0.658. The molecular weight excluding hydrogens is 204 g/mol. The molecule has 16 heavy (non-hydrogen) atoms. The Bertz CT molecular complexity index is 451. The number of aryl methyl sites for hydroxylation is 2. The van der Waals surface area contributed by atoms with Gasteiger partial charge in [0.05, 0.1) is 30.0 Å². The van der Waals surface area contributed by atoms with Crippen molar-refractivity contribution < 1.29 is 4.79 Å². The van der Waals surface area contributed by atoms with E-state index in [-0.39, 0.29) is 12.5 Å². The summed E-state index contributed by atoms with van der Waals surface area (Å²) in [4.78, 5) is 10.8. The largest absolute Gasteiger partial charge is 0.344 e. The van der Waals surface area contributed by atoms with Crippen LogP contribution in [0.2, 0.25) is 0 Å². The van der Waals surface area contributed by atoms with Gasteiger partial charge in [-0.1, -0.05) is 11.8 Å². The Labute approximate surface area is 95.0 Å². The molecule has 0 bridgehead atoms. The lowest BCUT2D eigenvalue weighted by atomic mass is 10.2. The van der Waals surface area contributed by atoms with Gasteiger partial charge in [0, 0.05) is 7.05 Å². The molecule has 0 aromatic carbocycles. The van der Waals surface area contributed by atoms with E-state index in [1.165, 1.54) is 0 Å². The second kappa shape index (κ2) is 5.33. The Morgan fingerprint density at radius 1 is 1.56 bits per heavy atom. The fourth-order valence-corrected chi connectivity index (χ4v) is 1.30. The topological polar surface area (TPSA) is 72.9 Å². The number of carbonyl (C=O) groups is 1. The first kappa shape index (κ1) is 12.3. The van der Waals surface area contributed by atoms with E-state index in [0.29, 0.717) is 6.54 Å². The van der Waals surface area contributed by atoms with E-state index >= 15 is 0 Å². The maximum absolute atomic E-state index is 10.8. The Hall–Kier alpha value is -1.80. The second-order valence-corrected chi connectivity index (χ2v) is 3.45. The minimum atomic E-state index is -0.200. The maximum atomic E-state index is 10.8. The Morgan fingerprint density at radius 3 is 2.75 bits per heavy atom. The molecule has 0 unspecified atom stereocenters. The van der Waals surface area contributed by atoms with Gasteiger partial charge >= 0.3 is 0 Å². The number of rotatable bonds is 2. The Morgan fingerprint density at radius 2 is 2.25 bits per heavy atom. The van der Waals surface area contributed by atoms with Gasteiger partial charge in [-0.05, 0) is 13.8 Å². The molecule has 0 spiro atoms. The second-order valence-electron chi connectivity index (χ2n) is 3.45. The van der Waals surface area contributed by atoms with Crippen LogP contribution in [-0.4, -0.2) is 28.8 Å². The van der Waals surface area contributed by atoms with Gasteiger partial charge in [-0.3, -0.25) is 9.48 Å². The smallest absolute Gasteiger partial charge is 0.234 e. The lowest BCUT2D eigenvalue weighted by Crippen LogP contribution is -2.30. The van der Waals surface area contributed by atoms with Crippen molar-refractivity contribution in [1.82, 2.24) is 15.1 Å². The van der Waals surface area contributed by atoms with Gasteiger partial charge in [0.25, 0.3) is 0 Å². The number of carbonyl (C=O) groups excluding carboxylic acids is 1. The summed E-state index contributed by atoms with van der Waals surface area (Å²) in [6, 6.07) is 0. The van der Waals surface area contributed by atoms with Crippen molar-refractivity contribution in [2.45, 2.75) is 13.8 Å². The predicted molar refractivity (Wildman–Crippen MR) is 61.6 cm³/mol. The third kappa shape index (κ3) is 2.84. The molecule has 1 heterocycles. The summed E-state index contributed by atoms with van der Waals surface area (Å²) in [6.45, 7) is 4.17. The van der Waals surface area contributed by atoms with Gasteiger partial charge in [-0.2, -0.15) is 5.10 Å². The van der Waals surface area contributed by atoms with Gasteiger partial charge in [0.2, 0.25) is 5.91 Å². The number of hydrogen-bond acceptors (Lipinski definition) is 3. The summed E-state index contributed by atoms with van der Waals surface area (Å²) < 4.78 is 1.79. The molecule has 0 radical (unpaired) electrons. The van der Waals surface area contributed by atoms with E-state index in [0.717, 1.165) is 17.0 Å². The highest BCUT2D eigenvalue weighted by Crippen LogP contribution is 2.09. The predicted octanol–water partition coefficient (Wildman–Crippen LogP) is -0.537. The first-order valence-corrected chi connectivity index (χ1v) is 5.02. The summed E-state index contributed by atoms with van der Waals surface area (Å²) in [5.41, 5.74) is 7.99. The number of hydrogen-bond donors (Lipinski definition) is 2. The van der Waals surface area contributed by atoms with E-state index in [1.54, 1.807) is 4.68 Å². The van der Waals surface area contributed by atoms with Crippen LogP contribution >= 0.6 is 0 Å². The molecule has 86 valence electrons. The molecular formula is C11H16N4O. The summed E-state index contributed by atoms with van der Waals surface area (Å²) >= 11 is 0. The molecule has 0 aliphatic rings. The molecule has 0 saturated carbocycles. The highest BCUT2D eigenvalue weighted by atomic mass is 16.1. The number of nitrogens with two attached hydrogens (primary N) is 1. The van der Waals surface area contributed by atoms with Crippen molar-refractivity contribution in [3.63, 3.8) is 0 Å². The lowest BCUT2D eigenvalue weighted by Gasteiger charge is -1.95. The van der Waals surface area contributed by atoms with E-state index in [1.807, 2.05) is 20.9 Å². The first-order valence-electron chi connectivity index (χ1n) is 5.02. The maximum Gasteiger partial charge on any atom is 0.234 e. The van der Waals surface area contributed by atoms with Crippen LogP contribution in [-0.2, 0) is 11.8 Å². The van der Waals surface area contributed by atoms with Crippen molar-refractivity contribution in [2.75, 3.05) is 13.1 Å². The average Bonchev–Trinajstić information content (AvgIpc) is 2.49. The number of nitrogens with one attached hydrogen (secondary N) is 1. The average molecular weight is 220 g/mol. The molecule has 5 nitrogen and oxygen atoms in total. The standard InChI is InChI=1S/C11H16N4O/c1-8-10(9(2)15(3)14-8)5-4-6-13-11(16)7-12/h6-7,12H2,1-3H3,(H,13,16). The fraction of sp³-hybridized carbons (Fsp3) is 0.455. The van der Waals surface area contributed by atoms with Crippen LogP contribution in [0.1, 0.15) is 17.0 Å². The van der Waals surface area contributed by atoms with Gasteiger partial charge in [0.15, 0.2) is 0 Å². The van der Waals surface area contributed by atoms with Gasteiger partial charge in [-0.15, -0.1) is 0 Å². The highest BCUT2D eigenvalue weighted by molar-refractivity contribution is 5.77. The normalized spacial score (nSPS) is 9.50. The van der Waals surface area contributed by atoms with E-state index < -0.39 is 0 Å². The Balaban J connectivity index is 2.66. The molecule has 1 rings (SSSR count). The third-order valence-corrected chi connectivity index (χ3v) is 2.28. The van der Waals surface area contributed by atoms with Gasteiger partial charge < -0.3 is 11.1 Å². The van der Waals surface area contributed by atoms with E-state index in [4.69, 9.17) is 5.73 Å². The Kier molecular flexibility index (Phi) is 4.09. The minimum Gasteiger partial charge on any atom is -0.344 e. The molecule has 0 aliphatic heterocycles. The summed E-state index contributed by atoms with van der Waals surface area (Å²) in [6.07, 6.45) is 0. The zero-order chi connectivity index (χ0) is 12.1. The zero-order valence-corrected chi connectivity index (χ0v) is 9.79. The summed E-state index contributed by atoms with van der Waals surface area (Å²) in [7, 11) is 1.88. The van der Waals surface area contributed by atoms with Crippen molar-refractivity contribution in [1.29, 1.82) is 0 Å². The molecule has 3 N–H and O–H groups in total. The lowest BCUT2D eigenvalue weighted by molar-refractivity contribution is -0.119. The minimum absolute atomic E-state index is 0.00731. The third-order valence-electron chi connectivity index (χ3n) is 2.28. The fourth-order valence-electron chi connectivity index (χ4n) is 1.30. The monoisotopic (exact) mass is 220 g/mol. The molecule has 0 aliphatic carbocycles. The van der Waals surface area contributed by atoms with Crippen LogP contribution in [0.4, 0.5) is 0 Å². The highest BCUT2D eigenvalue weighted by Gasteiger charge is 2.05. The SMILES string of the molecule is Cc1nn(C)c(C)c1C#CCNC(=O)CN. The molecule has 5 heteroatoms. The van der Waals surface area contributed by atoms with Gasteiger partial charge in [0.1, 0.15) is 0 Å². The summed E-state index contributed by atoms with van der Waals surface area (Å²) in [5.74, 6) is 5.66. The number of nitrogens with zero attached hydrogens (tertiary/aromatic N) is 2. The van der Waals surface area contributed by atoms with Crippen LogP contribution in [0, 0.1) is 25.7 Å². The van der Waals surface area contributed by atoms with Crippen molar-refractivity contribution in [2.24, 2.45) is 12.8 Å². The number of amides is 1. The first-order chi connectivity index (χ1) is 7.56. The molecule has 1 amide bonds. The van der Waals surface area contributed by atoms with Crippen molar-refractivity contribution in [3.8, 4) is 11.8 Å². The van der Waals surface area contributed by atoms with E-state index in [9.17, 15) is 4.79 Å². The molecule has 1 aromatic rings. The van der Waals surface area contributed by atoms with Crippen LogP contribution in [0.5, 0.6) is 0 Å². The number of aromatic nitrogens is 2. The molecule has 0 atom stereocenters. The van der Waals surface area contributed by atoms with Crippen LogP contribution < -0.4 is 11.1 Å². The molecule has 0 fully saturated rings. The zero-order valence-electron chi connectivity index (χ0n) is 9.79. The van der Waals surface area contributed by atoms with Crippen LogP contribution in [0.25, 0.3) is 0 Å². The van der Waals surface area contributed by atoms with E-state index in [2.05, 4.69) is 22.3 Å². The molecule has 0 saturated heterocycles. The van der Waals surface area contributed by atoms with Crippen LogP contribution in [0.3, 0.4) is 0 Å². The van der Waals surface area contributed by atoms with Crippen molar-refractivity contribution >= 4 is 5.91 Å². The summed E-state index contributed by atoms with van der Waals surface area (Å²) in [5, 5.41) is 6.83. The van der Waals surface area contributed by atoms with Crippen molar-refractivity contribution in [3.05, 3.63) is 17.0 Å². The van der Waals surface area contributed by atoms with Crippen LogP contribution in [0.15, 0.2) is 0 Å².